The number of aromatic nitrogens is 3. The van der Waals surface area contributed by atoms with Crippen LogP contribution in [0.4, 0.5) is 11.6 Å². The van der Waals surface area contributed by atoms with Crippen LogP contribution in [-0.4, -0.2) is 41.1 Å². The molecule has 0 radical (unpaired) electrons. The SMILES string of the molecule is Cc1nc(C)c(Cc2ccccc2)c(N2CCN(c3ccc4ccccc4n3)CC2)n1. The summed E-state index contributed by atoms with van der Waals surface area (Å²) in [5, 5.41) is 1.18. The number of hydrogen-bond donors (Lipinski definition) is 0. The lowest BCUT2D eigenvalue weighted by Crippen LogP contribution is -2.47. The van der Waals surface area contributed by atoms with E-state index in [1.54, 1.807) is 0 Å². The number of hydrogen-bond acceptors (Lipinski definition) is 5. The molecule has 4 aromatic rings. The van der Waals surface area contributed by atoms with Gasteiger partial charge >= 0.3 is 0 Å². The minimum Gasteiger partial charge on any atom is -0.353 e. The number of benzene rings is 2. The molecule has 0 atom stereocenters. The van der Waals surface area contributed by atoms with Crippen molar-refractivity contribution in [2.45, 2.75) is 20.3 Å². The van der Waals surface area contributed by atoms with E-state index in [1.807, 2.05) is 13.0 Å². The van der Waals surface area contributed by atoms with Gasteiger partial charge in [-0.25, -0.2) is 15.0 Å². The first-order chi connectivity index (χ1) is 15.2. The van der Waals surface area contributed by atoms with E-state index in [0.29, 0.717) is 0 Å². The average Bonchev–Trinajstić information content (AvgIpc) is 2.81. The molecule has 2 aromatic carbocycles. The monoisotopic (exact) mass is 409 g/mol. The molecule has 1 aliphatic heterocycles. The van der Waals surface area contributed by atoms with Gasteiger partial charge in [-0.1, -0.05) is 48.5 Å². The fraction of sp³-hybridized carbons (Fsp3) is 0.269. The van der Waals surface area contributed by atoms with E-state index in [0.717, 1.165) is 61.3 Å². The van der Waals surface area contributed by atoms with Crippen molar-refractivity contribution in [2.75, 3.05) is 36.0 Å². The molecular formula is C26H27N5. The Balaban J connectivity index is 1.37. The van der Waals surface area contributed by atoms with E-state index >= 15 is 0 Å². The molecule has 31 heavy (non-hydrogen) atoms. The number of nitrogens with zero attached hydrogens (tertiary/aromatic N) is 5. The highest BCUT2D eigenvalue weighted by Crippen LogP contribution is 2.26. The second-order valence-electron chi connectivity index (χ2n) is 8.16. The van der Waals surface area contributed by atoms with Crippen molar-refractivity contribution in [2.24, 2.45) is 0 Å². The van der Waals surface area contributed by atoms with Crippen molar-refractivity contribution in [3.63, 3.8) is 0 Å². The molecule has 1 fully saturated rings. The van der Waals surface area contributed by atoms with Crippen LogP contribution in [-0.2, 0) is 6.42 Å². The molecule has 0 N–H and O–H groups in total. The van der Waals surface area contributed by atoms with Crippen LogP contribution in [0, 0.1) is 13.8 Å². The highest BCUT2D eigenvalue weighted by Gasteiger charge is 2.23. The fourth-order valence-electron chi connectivity index (χ4n) is 4.37. The molecule has 156 valence electrons. The molecule has 0 unspecified atom stereocenters. The number of fused-ring (bicyclic) bond motifs is 1. The Kier molecular flexibility index (Phi) is 5.24. The summed E-state index contributed by atoms with van der Waals surface area (Å²) in [5.74, 6) is 2.97. The maximum absolute atomic E-state index is 4.88. The summed E-state index contributed by atoms with van der Waals surface area (Å²) in [6.07, 6.45) is 0.856. The maximum atomic E-state index is 4.88. The minimum atomic E-state index is 0.836. The molecule has 0 amide bonds. The third-order valence-corrected chi connectivity index (χ3v) is 6.01. The summed E-state index contributed by atoms with van der Waals surface area (Å²) >= 11 is 0. The van der Waals surface area contributed by atoms with Gasteiger partial charge in [-0.3, -0.25) is 0 Å². The van der Waals surface area contributed by atoms with Gasteiger partial charge in [0.2, 0.25) is 0 Å². The summed E-state index contributed by atoms with van der Waals surface area (Å²) in [4.78, 5) is 19.2. The quantitative estimate of drug-likeness (QED) is 0.494. The van der Waals surface area contributed by atoms with Crippen molar-refractivity contribution in [3.8, 4) is 0 Å². The van der Waals surface area contributed by atoms with Crippen molar-refractivity contribution in [3.05, 3.63) is 89.4 Å². The number of pyridine rings is 1. The third kappa shape index (κ3) is 4.08. The van der Waals surface area contributed by atoms with Gasteiger partial charge < -0.3 is 9.80 Å². The normalized spacial score (nSPS) is 14.3. The molecule has 3 heterocycles. The summed E-state index contributed by atoms with van der Waals surface area (Å²) in [5.41, 5.74) is 4.65. The van der Waals surface area contributed by atoms with Gasteiger partial charge in [0.25, 0.3) is 0 Å². The summed E-state index contributed by atoms with van der Waals surface area (Å²) in [6, 6.07) is 23.2. The third-order valence-electron chi connectivity index (χ3n) is 6.01. The molecule has 1 saturated heterocycles. The Hall–Kier alpha value is -3.47. The summed E-state index contributed by atoms with van der Waals surface area (Å²) in [6.45, 7) is 7.79. The van der Waals surface area contributed by atoms with E-state index in [1.165, 1.54) is 16.5 Å². The van der Waals surface area contributed by atoms with Gasteiger partial charge in [0.05, 0.1) is 5.52 Å². The second-order valence-corrected chi connectivity index (χ2v) is 8.16. The average molecular weight is 410 g/mol. The molecule has 0 bridgehead atoms. The Morgan fingerprint density at radius 2 is 1.42 bits per heavy atom. The predicted octanol–water partition coefficient (Wildman–Crippen LogP) is 4.56. The molecule has 5 rings (SSSR count). The van der Waals surface area contributed by atoms with Crippen LogP contribution in [0.25, 0.3) is 10.9 Å². The van der Waals surface area contributed by atoms with Gasteiger partial charge in [0.1, 0.15) is 17.5 Å². The van der Waals surface area contributed by atoms with Crippen LogP contribution in [0.3, 0.4) is 0 Å². The number of rotatable bonds is 4. The first-order valence-electron chi connectivity index (χ1n) is 10.9. The number of anilines is 2. The molecule has 2 aromatic heterocycles. The van der Waals surface area contributed by atoms with Crippen LogP contribution in [0.1, 0.15) is 22.6 Å². The Bertz CT molecular complexity index is 1200. The van der Waals surface area contributed by atoms with Gasteiger partial charge in [0, 0.05) is 49.2 Å². The van der Waals surface area contributed by atoms with Crippen LogP contribution in [0.2, 0.25) is 0 Å². The second kappa shape index (κ2) is 8.34. The van der Waals surface area contributed by atoms with E-state index in [-0.39, 0.29) is 0 Å². The van der Waals surface area contributed by atoms with Gasteiger partial charge in [-0.15, -0.1) is 0 Å². The Morgan fingerprint density at radius 3 is 2.23 bits per heavy atom. The summed E-state index contributed by atoms with van der Waals surface area (Å²) < 4.78 is 0. The Labute approximate surface area is 183 Å². The lowest BCUT2D eigenvalue weighted by molar-refractivity contribution is 0.637. The van der Waals surface area contributed by atoms with E-state index < -0.39 is 0 Å². The highest BCUT2D eigenvalue weighted by molar-refractivity contribution is 5.80. The minimum absolute atomic E-state index is 0.836. The molecule has 1 aliphatic rings. The predicted molar refractivity (Wildman–Crippen MR) is 127 cm³/mol. The molecular weight excluding hydrogens is 382 g/mol. The molecule has 0 spiro atoms. The van der Waals surface area contributed by atoms with E-state index in [4.69, 9.17) is 9.97 Å². The molecule has 5 nitrogen and oxygen atoms in total. The van der Waals surface area contributed by atoms with E-state index in [9.17, 15) is 0 Å². The highest BCUT2D eigenvalue weighted by atomic mass is 15.3. The van der Waals surface area contributed by atoms with Gasteiger partial charge in [-0.2, -0.15) is 0 Å². The van der Waals surface area contributed by atoms with Crippen molar-refractivity contribution >= 4 is 22.5 Å². The largest absolute Gasteiger partial charge is 0.353 e. The zero-order valence-electron chi connectivity index (χ0n) is 18.1. The number of aryl methyl sites for hydroxylation is 2. The van der Waals surface area contributed by atoms with Gasteiger partial charge in [-0.05, 0) is 37.6 Å². The van der Waals surface area contributed by atoms with Crippen LogP contribution in [0.15, 0.2) is 66.7 Å². The fourth-order valence-corrected chi connectivity index (χ4v) is 4.37. The van der Waals surface area contributed by atoms with Gasteiger partial charge in [0.15, 0.2) is 0 Å². The topological polar surface area (TPSA) is 45.2 Å². The zero-order chi connectivity index (χ0) is 21.2. The lowest BCUT2D eigenvalue weighted by atomic mass is 10.0. The van der Waals surface area contributed by atoms with Crippen molar-refractivity contribution in [1.29, 1.82) is 0 Å². The van der Waals surface area contributed by atoms with E-state index in [2.05, 4.69) is 82.4 Å². The maximum Gasteiger partial charge on any atom is 0.136 e. The first kappa shape index (κ1) is 19.5. The lowest BCUT2D eigenvalue weighted by Gasteiger charge is -2.37. The first-order valence-corrected chi connectivity index (χ1v) is 10.9. The Morgan fingerprint density at radius 1 is 0.710 bits per heavy atom. The summed E-state index contributed by atoms with van der Waals surface area (Å²) in [7, 11) is 0. The molecule has 0 aliphatic carbocycles. The molecule has 0 saturated carbocycles. The zero-order valence-corrected chi connectivity index (χ0v) is 18.1. The number of para-hydroxylation sites is 1. The smallest absolute Gasteiger partial charge is 0.136 e. The van der Waals surface area contributed by atoms with Crippen LogP contribution in [0.5, 0.6) is 0 Å². The van der Waals surface area contributed by atoms with Crippen LogP contribution < -0.4 is 9.80 Å². The number of piperazine rings is 1. The van der Waals surface area contributed by atoms with Crippen molar-refractivity contribution < 1.29 is 0 Å². The van der Waals surface area contributed by atoms with Crippen molar-refractivity contribution in [1.82, 2.24) is 15.0 Å². The standard InChI is InChI=1S/C26H27N5/c1-19-23(18-21-8-4-3-5-9-21)26(28-20(2)27-19)31-16-14-30(15-17-31)25-13-12-22-10-6-7-11-24(22)29-25/h3-13H,14-18H2,1-2H3. The van der Waals surface area contributed by atoms with Crippen LogP contribution >= 0.6 is 0 Å². The molecule has 5 heteroatoms.